The van der Waals surface area contributed by atoms with Crippen molar-refractivity contribution in [3.05, 3.63) is 22.4 Å². The molecule has 2 atom stereocenters. The highest BCUT2D eigenvalue weighted by Gasteiger charge is 2.28. The van der Waals surface area contributed by atoms with Crippen LogP contribution < -0.4 is 5.73 Å². The van der Waals surface area contributed by atoms with E-state index in [1.165, 1.54) is 11.3 Å². The van der Waals surface area contributed by atoms with Gasteiger partial charge in [0.15, 0.2) is 0 Å². The third-order valence-corrected chi connectivity index (χ3v) is 4.67. The third-order valence-electron chi connectivity index (χ3n) is 3.71. The highest BCUT2D eigenvalue weighted by atomic mass is 32.1. The Kier molecular flexibility index (Phi) is 5.14. The topological polar surface area (TPSA) is 83.6 Å². The van der Waals surface area contributed by atoms with Crippen LogP contribution in [0.25, 0.3) is 0 Å². The number of hydrogen-bond acceptors (Lipinski definition) is 4. The maximum absolute atomic E-state index is 12.4. The molecule has 1 aromatic heterocycles. The van der Waals surface area contributed by atoms with Crippen molar-refractivity contribution in [1.29, 1.82) is 0 Å². The minimum Gasteiger partial charge on any atom is -0.481 e. The van der Waals surface area contributed by atoms with Crippen molar-refractivity contribution in [1.82, 2.24) is 4.90 Å². The minimum absolute atomic E-state index is 0.0486. The fourth-order valence-electron chi connectivity index (χ4n) is 2.62. The average Bonchev–Trinajstić information content (AvgIpc) is 2.98. The molecule has 1 aromatic rings. The quantitative estimate of drug-likeness (QED) is 0.868. The van der Waals surface area contributed by atoms with Crippen molar-refractivity contribution in [2.75, 3.05) is 13.1 Å². The van der Waals surface area contributed by atoms with E-state index in [9.17, 15) is 9.59 Å². The summed E-state index contributed by atoms with van der Waals surface area (Å²) in [4.78, 5) is 25.7. The SMILES string of the molecule is NC(C(=O)N1CCCC(CCC(=O)O)C1)c1cccs1. The zero-order valence-corrected chi connectivity index (χ0v) is 12.1. The van der Waals surface area contributed by atoms with Gasteiger partial charge >= 0.3 is 5.97 Å². The molecule has 1 saturated heterocycles. The van der Waals surface area contributed by atoms with Crippen LogP contribution in [0.15, 0.2) is 17.5 Å². The van der Waals surface area contributed by atoms with Crippen molar-refractivity contribution in [2.45, 2.75) is 31.7 Å². The molecule has 20 heavy (non-hydrogen) atoms. The van der Waals surface area contributed by atoms with E-state index in [2.05, 4.69) is 0 Å². The summed E-state index contributed by atoms with van der Waals surface area (Å²) in [6, 6.07) is 3.17. The van der Waals surface area contributed by atoms with E-state index in [0.717, 1.165) is 24.3 Å². The van der Waals surface area contributed by atoms with Gasteiger partial charge in [-0.25, -0.2) is 0 Å². The van der Waals surface area contributed by atoms with E-state index in [1.807, 2.05) is 17.5 Å². The smallest absolute Gasteiger partial charge is 0.303 e. The van der Waals surface area contributed by atoms with Crippen molar-refractivity contribution in [3.8, 4) is 0 Å². The van der Waals surface area contributed by atoms with Crippen molar-refractivity contribution >= 4 is 23.2 Å². The molecule has 0 aliphatic carbocycles. The third kappa shape index (κ3) is 3.80. The van der Waals surface area contributed by atoms with Gasteiger partial charge in [0.2, 0.25) is 5.91 Å². The van der Waals surface area contributed by atoms with Crippen LogP contribution in [0.2, 0.25) is 0 Å². The van der Waals surface area contributed by atoms with Crippen LogP contribution in [-0.2, 0) is 9.59 Å². The maximum atomic E-state index is 12.4. The van der Waals surface area contributed by atoms with E-state index < -0.39 is 12.0 Å². The minimum atomic E-state index is -0.774. The number of carboxylic acids is 1. The van der Waals surface area contributed by atoms with Gasteiger partial charge in [0.1, 0.15) is 6.04 Å². The monoisotopic (exact) mass is 296 g/mol. The van der Waals surface area contributed by atoms with Crippen LogP contribution in [0.5, 0.6) is 0 Å². The van der Waals surface area contributed by atoms with E-state index in [1.54, 1.807) is 4.90 Å². The summed E-state index contributed by atoms with van der Waals surface area (Å²) in [6.45, 7) is 1.35. The highest BCUT2D eigenvalue weighted by molar-refractivity contribution is 7.10. The van der Waals surface area contributed by atoms with Gasteiger partial charge < -0.3 is 15.7 Å². The number of aliphatic carboxylic acids is 1. The fraction of sp³-hybridized carbons (Fsp3) is 0.571. The lowest BCUT2D eigenvalue weighted by molar-refractivity contribution is -0.137. The second-order valence-corrected chi connectivity index (χ2v) is 6.20. The first-order valence-corrected chi connectivity index (χ1v) is 7.75. The summed E-state index contributed by atoms with van der Waals surface area (Å²) in [5, 5.41) is 10.6. The Morgan fingerprint density at radius 3 is 3.00 bits per heavy atom. The predicted octanol–water partition coefficient (Wildman–Crippen LogP) is 1.85. The molecule has 1 aliphatic heterocycles. The highest BCUT2D eigenvalue weighted by Crippen LogP contribution is 2.25. The Bertz CT molecular complexity index is 461. The molecule has 1 aliphatic rings. The molecule has 0 aromatic carbocycles. The molecular weight excluding hydrogens is 276 g/mol. The Hall–Kier alpha value is -1.40. The number of piperidine rings is 1. The zero-order valence-electron chi connectivity index (χ0n) is 11.3. The molecule has 1 fully saturated rings. The van der Waals surface area contributed by atoms with Gasteiger partial charge in [-0.2, -0.15) is 0 Å². The van der Waals surface area contributed by atoms with Crippen molar-refractivity contribution < 1.29 is 14.7 Å². The molecule has 110 valence electrons. The van der Waals surface area contributed by atoms with Gasteiger partial charge in [0.05, 0.1) is 0 Å². The summed E-state index contributed by atoms with van der Waals surface area (Å²) in [6.07, 6.45) is 2.72. The van der Waals surface area contributed by atoms with Crippen LogP contribution in [0.1, 0.15) is 36.6 Å². The van der Waals surface area contributed by atoms with Gasteiger partial charge in [-0.1, -0.05) is 6.07 Å². The molecule has 0 radical (unpaired) electrons. The van der Waals surface area contributed by atoms with Gasteiger partial charge in [-0.15, -0.1) is 11.3 Å². The molecule has 0 spiro atoms. The average molecular weight is 296 g/mol. The number of nitrogens with two attached hydrogens (primary N) is 1. The number of rotatable bonds is 5. The van der Waals surface area contributed by atoms with Crippen LogP contribution in [0.3, 0.4) is 0 Å². The number of carbonyl (C=O) groups is 2. The van der Waals surface area contributed by atoms with E-state index in [4.69, 9.17) is 10.8 Å². The van der Waals surface area contributed by atoms with E-state index in [-0.39, 0.29) is 18.2 Å². The molecule has 6 heteroatoms. The first-order valence-electron chi connectivity index (χ1n) is 6.87. The Morgan fingerprint density at radius 2 is 2.35 bits per heavy atom. The number of nitrogens with zero attached hydrogens (tertiary/aromatic N) is 1. The standard InChI is InChI=1S/C14H20N2O3S/c15-13(11-4-2-8-20-11)14(19)16-7-1-3-10(9-16)5-6-12(17)18/h2,4,8,10,13H,1,3,5-7,9,15H2,(H,17,18). The van der Waals surface area contributed by atoms with Crippen LogP contribution >= 0.6 is 11.3 Å². The zero-order chi connectivity index (χ0) is 14.5. The van der Waals surface area contributed by atoms with Crippen LogP contribution in [0.4, 0.5) is 0 Å². The Balaban J connectivity index is 1.91. The number of carboxylic acid groups (broad SMARTS) is 1. The van der Waals surface area contributed by atoms with Gasteiger partial charge in [-0.3, -0.25) is 9.59 Å². The number of thiophene rings is 1. The second-order valence-electron chi connectivity index (χ2n) is 5.22. The summed E-state index contributed by atoms with van der Waals surface area (Å²) in [7, 11) is 0. The molecule has 0 bridgehead atoms. The number of carbonyl (C=O) groups excluding carboxylic acids is 1. The number of hydrogen-bond donors (Lipinski definition) is 2. The molecule has 3 N–H and O–H groups in total. The summed E-state index contributed by atoms with van der Waals surface area (Å²) in [5.74, 6) is -0.546. The number of likely N-dealkylation sites (tertiary alicyclic amines) is 1. The molecule has 5 nitrogen and oxygen atoms in total. The Morgan fingerprint density at radius 1 is 1.55 bits per heavy atom. The van der Waals surface area contributed by atoms with Gasteiger partial charge in [0.25, 0.3) is 0 Å². The van der Waals surface area contributed by atoms with Crippen molar-refractivity contribution in [3.63, 3.8) is 0 Å². The summed E-state index contributed by atoms with van der Waals surface area (Å²) in [5.41, 5.74) is 6.01. The first kappa shape index (κ1) is 15.0. The predicted molar refractivity (Wildman–Crippen MR) is 77.4 cm³/mol. The summed E-state index contributed by atoms with van der Waals surface area (Å²) < 4.78 is 0. The van der Waals surface area contributed by atoms with Crippen LogP contribution in [0, 0.1) is 5.92 Å². The fourth-order valence-corrected chi connectivity index (χ4v) is 3.33. The lowest BCUT2D eigenvalue weighted by atomic mass is 9.93. The van der Waals surface area contributed by atoms with E-state index >= 15 is 0 Å². The molecule has 1 amide bonds. The second kappa shape index (κ2) is 6.85. The molecule has 2 heterocycles. The maximum Gasteiger partial charge on any atom is 0.303 e. The van der Waals surface area contributed by atoms with Gasteiger partial charge in [0, 0.05) is 24.4 Å². The molecular formula is C14H20N2O3S. The molecule has 0 saturated carbocycles. The normalized spacial score (nSPS) is 20.6. The summed E-state index contributed by atoms with van der Waals surface area (Å²) >= 11 is 1.49. The molecule has 2 rings (SSSR count). The Labute approximate surface area is 122 Å². The molecule has 2 unspecified atom stereocenters. The van der Waals surface area contributed by atoms with Crippen molar-refractivity contribution in [2.24, 2.45) is 11.7 Å². The lowest BCUT2D eigenvalue weighted by Gasteiger charge is -2.34. The van der Waals surface area contributed by atoms with Crippen LogP contribution in [-0.4, -0.2) is 35.0 Å². The van der Waals surface area contributed by atoms with Gasteiger partial charge in [-0.05, 0) is 36.6 Å². The largest absolute Gasteiger partial charge is 0.481 e. The lowest BCUT2D eigenvalue weighted by Crippen LogP contribution is -2.44. The first-order chi connectivity index (χ1) is 9.58. The number of amides is 1. The van der Waals surface area contributed by atoms with E-state index in [0.29, 0.717) is 13.0 Å².